The van der Waals surface area contributed by atoms with Gasteiger partial charge in [-0.1, -0.05) is 12.1 Å². The molecule has 0 aliphatic carbocycles. The van der Waals surface area contributed by atoms with Crippen molar-refractivity contribution < 1.29 is 19.1 Å². The molecule has 2 aliphatic rings. The quantitative estimate of drug-likeness (QED) is 0.781. The average Bonchev–Trinajstić information content (AvgIpc) is 3.16. The molecule has 3 amide bonds. The van der Waals surface area contributed by atoms with Crippen LogP contribution < -0.4 is 15.4 Å². The van der Waals surface area contributed by atoms with Gasteiger partial charge in [0.1, 0.15) is 12.4 Å². The lowest BCUT2D eigenvalue weighted by Crippen LogP contribution is -2.41. The molecule has 0 saturated carbocycles. The van der Waals surface area contributed by atoms with E-state index in [4.69, 9.17) is 9.47 Å². The number of amides is 3. The van der Waals surface area contributed by atoms with Gasteiger partial charge in [-0.05, 0) is 37.8 Å². The number of carbonyl (C=O) groups excluding carboxylic acids is 2. The molecule has 2 heterocycles. The number of hydrogen-bond acceptors (Lipinski definition) is 4. The number of urea groups is 1. The number of likely N-dealkylation sites (tertiary alicyclic amines) is 1. The third-order valence-electron chi connectivity index (χ3n) is 4.67. The second-order valence-corrected chi connectivity index (χ2v) is 6.66. The highest BCUT2D eigenvalue weighted by Gasteiger charge is 2.18. The number of benzene rings is 1. The van der Waals surface area contributed by atoms with Crippen molar-refractivity contribution in [2.75, 3.05) is 38.2 Å². The van der Waals surface area contributed by atoms with E-state index in [1.54, 1.807) is 6.07 Å². The largest absolute Gasteiger partial charge is 0.489 e. The van der Waals surface area contributed by atoms with Crippen molar-refractivity contribution in [3.63, 3.8) is 0 Å². The van der Waals surface area contributed by atoms with Crippen molar-refractivity contribution >= 4 is 17.6 Å². The highest BCUT2D eigenvalue weighted by Crippen LogP contribution is 2.25. The Morgan fingerprint density at radius 1 is 1.27 bits per heavy atom. The summed E-state index contributed by atoms with van der Waals surface area (Å²) in [6.45, 7) is 3.02. The molecule has 26 heavy (non-hydrogen) atoms. The Balaban J connectivity index is 1.43. The monoisotopic (exact) mass is 361 g/mol. The molecule has 142 valence electrons. The first-order valence-corrected chi connectivity index (χ1v) is 9.38. The molecule has 7 heteroatoms. The minimum atomic E-state index is -0.303. The van der Waals surface area contributed by atoms with Crippen molar-refractivity contribution in [1.29, 1.82) is 0 Å². The van der Waals surface area contributed by atoms with E-state index in [1.807, 2.05) is 23.1 Å². The maximum atomic E-state index is 12.1. The zero-order chi connectivity index (χ0) is 18.2. The van der Waals surface area contributed by atoms with Gasteiger partial charge in [0.05, 0.1) is 11.8 Å². The molecule has 0 bridgehead atoms. The minimum Gasteiger partial charge on any atom is -0.489 e. The van der Waals surface area contributed by atoms with Crippen LogP contribution in [0.4, 0.5) is 10.5 Å². The van der Waals surface area contributed by atoms with Gasteiger partial charge in [-0.3, -0.25) is 4.79 Å². The van der Waals surface area contributed by atoms with E-state index in [2.05, 4.69) is 10.6 Å². The van der Waals surface area contributed by atoms with E-state index in [1.165, 1.54) is 0 Å². The first-order chi connectivity index (χ1) is 12.7. The topological polar surface area (TPSA) is 79.9 Å². The summed E-state index contributed by atoms with van der Waals surface area (Å²) in [5, 5.41) is 5.61. The molecule has 1 aromatic rings. The van der Waals surface area contributed by atoms with Crippen molar-refractivity contribution in [3.05, 3.63) is 24.3 Å². The summed E-state index contributed by atoms with van der Waals surface area (Å²) in [5.41, 5.74) is 0.622. The lowest BCUT2D eigenvalue weighted by Gasteiger charge is -2.26. The number of para-hydroxylation sites is 2. The number of piperidine rings is 1. The average molecular weight is 361 g/mol. The zero-order valence-electron chi connectivity index (χ0n) is 15.0. The maximum absolute atomic E-state index is 12.1. The number of rotatable bonds is 7. The lowest BCUT2D eigenvalue weighted by atomic mass is 10.1. The Hall–Kier alpha value is -2.28. The van der Waals surface area contributed by atoms with Crippen LogP contribution in [-0.2, 0) is 9.53 Å². The molecule has 3 rings (SSSR count). The lowest BCUT2D eigenvalue weighted by molar-refractivity contribution is -0.133. The second-order valence-electron chi connectivity index (χ2n) is 6.66. The summed E-state index contributed by atoms with van der Waals surface area (Å²) in [6, 6.07) is 7.05. The Bertz CT molecular complexity index is 617. The molecule has 1 aromatic carbocycles. The standard InChI is InChI=1S/C19H27N3O4/c23-18-9-3-4-11-22(18)12-10-20-19(24)21-16-7-1-2-8-17(16)26-14-15-6-5-13-25-15/h1-2,7-8,15H,3-6,9-14H2,(H2,20,21,24)/t15-/m0/s1. The molecule has 0 radical (unpaired) electrons. The number of anilines is 1. The highest BCUT2D eigenvalue weighted by atomic mass is 16.5. The summed E-state index contributed by atoms with van der Waals surface area (Å²) < 4.78 is 11.4. The zero-order valence-corrected chi connectivity index (χ0v) is 15.0. The third kappa shape index (κ3) is 5.36. The molecule has 2 fully saturated rings. The normalized spacial score (nSPS) is 20.1. The van der Waals surface area contributed by atoms with Crippen molar-refractivity contribution in [1.82, 2.24) is 10.2 Å². The van der Waals surface area contributed by atoms with E-state index >= 15 is 0 Å². The van der Waals surface area contributed by atoms with Gasteiger partial charge in [0.15, 0.2) is 0 Å². The van der Waals surface area contributed by atoms with Crippen molar-refractivity contribution in [2.45, 2.75) is 38.2 Å². The van der Waals surface area contributed by atoms with E-state index in [9.17, 15) is 9.59 Å². The Morgan fingerprint density at radius 2 is 2.15 bits per heavy atom. The van der Waals surface area contributed by atoms with E-state index in [-0.39, 0.29) is 18.0 Å². The number of nitrogens with one attached hydrogen (secondary N) is 2. The fourth-order valence-electron chi connectivity index (χ4n) is 3.22. The van der Waals surface area contributed by atoms with Crippen LogP contribution in [0.25, 0.3) is 0 Å². The SMILES string of the molecule is O=C(NCCN1CCCCC1=O)Nc1ccccc1OC[C@@H]1CCCO1. The third-order valence-corrected chi connectivity index (χ3v) is 4.67. The first-order valence-electron chi connectivity index (χ1n) is 9.38. The van der Waals surface area contributed by atoms with E-state index in [0.29, 0.717) is 37.6 Å². The van der Waals surface area contributed by atoms with Crippen LogP contribution in [0.2, 0.25) is 0 Å². The highest BCUT2D eigenvalue weighted by molar-refractivity contribution is 5.90. The first kappa shape index (κ1) is 18.5. The molecule has 2 N–H and O–H groups in total. The van der Waals surface area contributed by atoms with Gasteiger partial charge in [-0.15, -0.1) is 0 Å². The van der Waals surface area contributed by atoms with Gasteiger partial charge in [-0.2, -0.15) is 0 Å². The summed E-state index contributed by atoms with van der Waals surface area (Å²) >= 11 is 0. The van der Waals surface area contributed by atoms with Crippen molar-refractivity contribution in [2.24, 2.45) is 0 Å². The van der Waals surface area contributed by atoms with E-state index in [0.717, 1.165) is 38.8 Å². The number of hydrogen-bond donors (Lipinski definition) is 2. The fraction of sp³-hybridized carbons (Fsp3) is 0.579. The van der Waals surface area contributed by atoms with Crippen molar-refractivity contribution in [3.8, 4) is 5.75 Å². The van der Waals surface area contributed by atoms with E-state index < -0.39 is 0 Å². The molecule has 1 atom stereocenters. The second kappa shape index (κ2) is 9.43. The minimum absolute atomic E-state index is 0.124. The molecule has 0 unspecified atom stereocenters. The fourth-order valence-corrected chi connectivity index (χ4v) is 3.22. The van der Waals surface area contributed by atoms with Crippen LogP contribution in [0.5, 0.6) is 5.75 Å². The Kier molecular flexibility index (Phi) is 6.71. The Labute approximate surface area is 154 Å². The molecule has 0 spiro atoms. The maximum Gasteiger partial charge on any atom is 0.319 e. The molecule has 0 aromatic heterocycles. The summed E-state index contributed by atoms with van der Waals surface area (Å²) in [6.07, 6.45) is 4.81. The van der Waals surface area contributed by atoms with Gasteiger partial charge in [0.2, 0.25) is 5.91 Å². The van der Waals surface area contributed by atoms with Gasteiger partial charge < -0.3 is 25.0 Å². The van der Waals surface area contributed by atoms with Crippen LogP contribution in [0.1, 0.15) is 32.1 Å². The number of carbonyl (C=O) groups is 2. The van der Waals surface area contributed by atoms with Gasteiger partial charge in [0.25, 0.3) is 0 Å². The molecular formula is C19H27N3O4. The van der Waals surface area contributed by atoms with Crippen LogP contribution in [0.3, 0.4) is 0 Å². The van der Waals surface area contributed by atoms with Crippen LogP contribution >= 0.6 is 0 Å². The molecule has 7 nitrogen and oxygen atoms in total. The van der Waals surface area contributed by atoms with Crippen LogP contribution in [0, 0.1) is 0 Å². The molecular weight excluding hydrogens is 334 g/mol. The van der Waals surface area contributed by atoms with Crippen LogP contribution in [-0.4, -0.2) is 55.8 Å². The van der Waals surface area contributed by atoms with Gasteiger partial charge >= 0.3 is 6.03 Å². The molecule has 2 aliphatic heterocycles. The van der Waals surface area contributed by atoms with Gasteiger partial charge in [-0.25, -0.2) is 4.79 Å². The smallest absolute Gasteiger partial charge is 0.319 e. The number of ether oxygens (including phenoxy) is 2. The predicted octanol–water partition coefficient (Wildman–Crippen LogP) is 2.38. The predicted molar refractivity (Wildman–Crippen MR) is 98.4 cm³/mol. The van der Waals surface area contributed by atoms with Gasteiger partial charge in [0, 0.05) is 32.7 Å². The summed E-state index contributed by atoms with van der Waals surface area (Å²) in [4.78, 5) is 25.7. The van der Waals surface area contributed by atoms with Crippen LogP contribution in [0.15, 0.2) is 24.3 Å². The summed E-state index contributed by atoms with van der Waals surface area (Å²) in [7, 11) is 0. The Morgan fingerprint density at radius 3 is 2.96 bits per heavy atom. The number of nitrogens with zero attached hydrogens (tertiary/aromatic N) is 1. The summed E-state index contributed by atoms with van der Waals surface area (Å²) in [5.74, 6) is 0.802. The molecule has 2 saturated heterocycles.